The lowest BCUT2D eigenvalue weighted by molar-refractivity contribution is 0.605. The molecule has 0 spiro atoms. The highest BCUT2D eigenvalue weighted by atomic mass is 32.2. The maximum Gasteiger partial charge on any atom is 0.229 e. The first-order valence-corrected chi connectivity index (χ1v) is 11.7. The zero-order valence-corrected chi connectivity index (χ0v) is 17.6. The highest BCUT2D eigenvalue weighted by Crippen LogP contribution is 2.31. The molecule has 0 aliphatic carbocycles. The third kappa shape index (κ3) is 5.18. The van der Waals surface area contributed by atoms with Gasteiger partial charge in [0.25, 0.3) is 0 Å². The number of sulfonamides is 1. The molecule has 29 heavy (non-hydrogen) atoms. The van der Waals surface area contributed by atoms with E-state index in [-0.39, 0.29) is 0 Å². The molecular weight excluding hydrogens is 410 g/mol. The lowest BCUT2D eigenvalue weighted by Crippen LogP contribution is -2.37. The third-order valence-electron chi connectivity index (χ3n) is 4.20. The van der Waals surface area contributed by atoms with Gasteiger partial charge in [0.2, 0.25) is 10.0 Å². The van der Waals surface area contributed by atoms with Gasteiger partial charge in [-0.1, -0.05) is 0 Å². The molecule has 0 saturated carbocycles. The molecule has 1 fully saturated rings. The number of aromatic amines is 1. The van der Waals surface area contributed by atoms with Gasteiger partial charge in [0.05, 0.1) is 6.26 Å². The third-order valence-corrected chi connectivity index (χ3v) is 5.68. The van der Waals surface area contributed by atoms with Crippen LogP contribution in [0.25, 0.3) is 0 Å². The summed E-state index contributed by atoms with van der Waals surface area (Å²) in [6.45, 7) is 3.90. The van der Waals surface area contributed by atoms with Crippen LogP contribution >= 0.6 is 11.8 Å². The fourth-order valence-corrected chi connectivity index (χ4v) is 4.08. The predicted octanol–water partition coefficient (Wildman–Crippen LogP) is 2.98. The molecule has 1 aromatic carbocycles. The van der Waals surface area contributed by atoms with Crippen molar-refractivity contribution >= 4 is 44.9 Å². The van der Waals surface area contributed by atoms with Gasteiger partial charge in [-0.05, 0) is 49.4 Å². The molecule has 0 bridgehead atoms. The second-order valence-corrected chi connectivity index (χ2v) is 9.59. The molecule has 0 radical (unpaired) electrons. The summed E-state index contributed by atoms with van der Waals surface area (Å²) in [7, 11) is -3.30. The summed E-state index contributed by atoms with van der Waals surface area (Å²) in [4.78, 5) is 12.4. The number of hydrogen-bond acceptors (Lipinski definition) is 8. The van der Waals surface area contributed by atoms with Crippen LogP contribution in [0.2, 0.25) is 0 Å². The summed E-state index contributed by atoms with van der Waals surface area (Å²) in [5.74, 6) is 2.24. The van der Waals surface area contributed by atoms with E-state index >= 15 is 0 Å². The highest BCUT2D eigenvalue weighted by Gasteiger charge is 2.18. The second kappa shape index (κ2) is 7.91. The molecule has 1 aliphatic heterocycles. The fourth-order valence-electron chi connectivity index (χ4n) is 2.75. The van der Waals surface area contributed by atoms with Gasteiger partial charge < -0.3 is 10.2 Å². The summed E-state index contributed by atoms with van der Waals surface area (Å²) in [5, 5.41) is 10.9. The molecule has 11 heteroatoms. The molecule has 1 aliphatic rings. The standard InChI is InChI=1S/C18H21N7O2S2/c1-12-10-16(23-22-12)19-15-11-17(25-8-3-9-25)21-18(20-15)28-14-6-4-13(5-7-14)24-29(2,26)27/h4-7,10-11,24H,3,8-9H2,1-2H3,(H2,19,20,21,22,23). The number of anilines is 4. The molecule has 3 heterocycles. The number of nitrogens with one attached hydrogen (secondary N) is 3. The second-order valence-electron chi connectivity index (χ2n) is 6.80. The summed E-state index contributed by atoms with van der Waals surface area (Å²) < 4.78 is 25.1. The molecule has 0 atom stereocenters. The minimum Gasteiger partial charge on any atom is -0.356 e. The topological polar surface area (TPSA) is 116 Å². The maximum atomic E-state index is 11.3. The minimum atomic E-state index is -3.30. The van der Waals surface area contributed by atoms with E-state index in [0.717, 1.165) is 42.2 Å². The van der Waals surface area contributed by atoms with Crippen LogP contribution in [0.15, 0.2) is 46.5 Å². The Labute approximate surface area is 173 Å². The zero-order chi connectivity index (χ0) is 20.4. The Balaban J connectivity index is 1.56. The SMILES string of the molecule is Cc1cc(Nc2cc(N3CCC3)nc(Sc3ccc(NS(C)(=O)=O)cc3)n2)n[nH]1. The van der Waals surface area contributed by atoms with Crippen molar-refractivity contribution in [1.82, 2.24) is 20.2 Å². The van der Waals surface area contributed by atoms with Gasteiger partial charge in [0.1, 0.15) is 11.6 Å². The largest absolute Gasteiger partial charge is 0.356 e. The molecule has 3 aromatic rings. The fraction of sp³-hybridized carbons (Fsp3) is 0.278. The lowest BCUT2D eigenvalue weighted by Gasteiger charge is -2.32. The predicted molar refractivity (Wildman–Crippen MR) is 115 cm³/mol. The van der Waals surface area contributed by atoms with Gasteiger partial charge in [-0.25, -0.2) is 18.4 Å². The van der Waals surface area contributed by atoms with Gasteiger partial charge in [-0.15, -0.1) is 0 Å². The lowest BCUT2D eigenvalue weighted by atomic mass is 10.2. The van der Waals surface area contributed by atoms with Crippen LogP contribution in [-0.4, -0.2) is 47.9 Å². The number of hydrogen-bond donors (Lipinski definition) is 3. The van der Waals surface area contributed by atoms with E-state index in [9.17, 15) is 8.42 Å². The van der Waals surface area contributed by atoms with Crippen LogP contribution in [-0.2, 0) is 10.0 Å². The van der Waals surface area contributed by atoms with E-state index in [0.29, 0.717) is 22.5 Å². The van der Waals surface area contributed by atoms with Crippen molar-refractivity contribution in [3.05, 3.63) is 42.1 Å². The van der Waals surface area contributed by atoms with Crippen molar-refractivity contribution in [1.29, 1.82) is 0 Å². The summed E-state index contributed by atoms with van der Waals surface area (Å²) >= 11 is 1.42. The zero-order valence-electron chi connectivity index (χ0n) is 16.0. The Morgan fingerprint density at radius 3 is 2.45 bits per heavy atom. The molecule has 152 valence electrons. The quantitative estimate of drug-likeness (QED) is 0.489. The van der Waals surface area contributed by atoms with Crippen LogP contribution < -0.4 is 14.9 Å². The Bertz CT molecular complexity index is 1110. The first-order valence-electron chi connectivity index (χ1n) is 9.03. The van der Waals surface area contributed by atoms with Crippen molar-refractivity contribution in [2.24, 2.45) is 0 Å². The van der Waals surface area contributed by atoms with E-state index in [1.54, 1.807) is 12.1 Å². The number of aromatic nitrogens is 4. The molecule has 4 rings (SSSR count). The van der Waals surface area contributed by atoms with Gasteiger partial charge in [0.15, 0.2) is 11.0 Å². The molecule has 0 unspecified atom stereocenters. The summed E-state index contributed by atoms with van der Waals surface area (Å²) in [6, 6.07) is 10.9. The Hall–Kier alpha value is -2.79. The van der Waals surface area contributed by atoms with Crippen molar-refractivity contribution in [3.8, 4) is 0 Å². The highest BCUT2D eigenvalue weighted by molar-refractivity contribution is 7.99. The molecule has 3 N–H and O–H groups in total. The van der Waals surface area contributed by atoms with Crippen LogP contribution in [0.5, 0.6) is 0 Å². The van der Waals surface area contributed by atoms with Gasteiger partial charge in [0, 0.05) is 41.5 Å². The number of benzene rings is 1. The molecule has 0 amide bonds. The van der Waals surface area contributed by atoms with Gasteiger partial charge in [-0.3, -0.25) is 9.82 Å². The smallest absolute Gasteiger partial charge is 0.229 e. The van der Waals surface area contributed by atoms with Crippen molar-refractivity contribution in [2.75, 3.05) is 34.3 Å². The monoisotopic (exact) mass is 431 g/mol. The van der Waals surface area contributed by atoms with E-state index < -0.39 is 10.0 Å². The first kappa shape index (κ1) is 19.5. The van der Waals surface area contributed by atoms with Crippen LogP contribution in [0, 0.1) is 6.92 Å². The van der Waals surface area contributed by atoms with Crippen molar-refractivity contribution in [2.45, 2.75) is 23.4 Å². The van der Waals surface area contributed by atoms with Crippen molar-refractivity contribution in [3.63, 3.8) is 0 Å². The number of aryl methyl sites for hydroxylation is 1. The van der Waals surface area contributed by atoms with Crippen molar-refractivity contribution < 1.29 is 8.42 Å². The molecular formula is C18H21N7O2S2. The normalized spacial score (nSPS) is 13.8. The van der Waals surface area contributed by atoms with Crippen LogP contribution in [0.1, 0.15) is 12.1 Å². The number of H-pyrrole nitrogens is 1. The Morgan fingerprint density at radius 2 is 1.86 bits per heavy atom. The van der Waals surface area contributed by atoms with E-state index in [2.05, 4.69) is 35.1 Å². The summed E-state index contributed by atoms with van der Waals surface area (Å²) in [5.41, 5.74) is 1.48. The first-order chi connectivity index (χ1) is 13.8. The average Bonchev–Trinajstić information content (AvgIpc) is 2.98. The van der Waals surface area contributed by atoms with Crippen LogP contribution in [0.3, 0.4) is 0 Å². The van der Waals surface area contributed by atoms with Gasteiger partial charge >= 0.3 is 0 Å². The minimum absolute atomic E-state index is 0.517. The van der Waals surface area contributed by atoms with E-state index in [1.807, 2.05) is 31.2 Å². The summed E-state index contributed by atoms with van der Waals surface area (Å²) in [6.07, 6.45) is 2.28. The molecule has 1 saturated heterocycles. The average molecular weight is 432 g/mol. The Morgan fingerprint density at radius 1 is 1.10 bits per heavy atom. The number of nitrogens with zero attached hydrogens (tertiary/aromatic N) is 4. The van der Waals surface area contributed by atoms with Crippen LogP contribution in [0.4, 0.5) is 23.1 Å². The van der Waals surface area contributed by atoms with E-state index in [4.69, 9.17) is 0 Å². The number of rotatable bonds is 7. The maximum absolute atomic E-state index is 11.3. The molecule has 2 aromatic heterocycles. The van der Waals surface area contributed by atoms with Gasteiger partial charge in [-0.2, -0.15) is 5.10 Å². The van der Waals surface area contributed by atoms with E-state index in [1.165, 1.54) is 11.8 Å². The molecule has 9 nitrogen and oxygen atoms in total. The Kier molecular flexibility index (Phi) is 5.33.